The van der Waals surface area contributed by atoms with Crippen LogP contribution in [0.3, 0.4) is 0 Å². The van der Waals surface area contributed by atoms with Gasteiger partial charge in [-0.2, -0.15) is 5.10 Å². The highest BCUT2D eigenvalue weighted by molar-refractivity contribution is 8.00. The van der Waals surface area contributed by atoms with Gasteiger partial charge < -0.3 is 5.32 Å². The minimum absolute atomic E-state index is 0.00599. The number of fused-ring (bicyclic) bond motifs is 1. The lowest BCUT2D eigenvalue weighted by molar-refractivity contribution is -0.119. The molecule has 0 spiro atoms. The van der Waals surface area contributed by atoms with Gasteiger partial charge >= 0.3 is 0 Å². The zero-order chi connectivity index (χ0) is 18.0. The Bertz CT molecular complexity index is 919. The lowest BCUT2D eigenvalue weighted by Gasteiger charge is -2.09. The Balaban J connectivity index is 1.91. The monoisotopic (exact) mass is 355 g/mol. The number of hydrogen-bond acceptors (Lipinski definition) is 5. The standard InChI is InChI=1S/C18H21N5OS/c1-11(2)22-16(24)9-25-18-14-8-21-23(17(14)19-10-20-18)15-6-5-12(3)7-13(15)4/h5-8,10-11H,9H2,1-4H3,(H,22,24). The molecule has 0 aliphatic rings. The Morgan fingerprint density at radius 1 is 1.28 bits per heavy atom. The zero-order valence-corrected chi connectivity index (χ0v) is 15.6. The summed E-state index contributed by atoms with van der Waals surface area (Å²) in [7, 11) is 0. The van der Waals surface area contributed by atoms with Crippen LogP contribution in [-0.4, -0.2) is 37.5 Å². The first kappa shape index (κ1) is 17.4. The molecule has 0 aliphatic heterocycles. The Morgan fingerprint density at radius 2 is 2.08 bits per heavy atom. The number of amides is 1. The molecule has 3 aromatic rings. The molecular weight excluding hydrogens is 334 g/mol. The van der Waals surface area contributed by atoms with Crippen molar-refractivity contribution < 1.29 is 4.79 Å². The molecule has 0 fully saturated rings. The highest BCUT2D eigenvalue weighted by Gasteiger charge is 2.14. The minimum atomic E-state index is -0.00599. The van der Waals surface area contributed by atoms with Gasteiger partial charge in [0.1, 0.15) is 11.4 Å². The third kappa shape index (κ3) is 3.82. The SMILES string of the molecule is Cc1ccc(-n2ncc3c(SCC(=O)NC(C)C)ncnc32)c(C)c1. The van der Waals surface area contributed by atoms with E-state index in [0.717, 1.165) is 27.3 Å². The van der Waals surface area contributed by atoms with Gasteiger partial charge in [-0.05, 0) is 39.3 Å². The number of benzene rings is 1. The highest BCUT2D eigenvalue weighted by atomic mass is 32.2. The van der Waals surface area contributed by atoms with E-state index in [9.17, 15) is 4.79 Å². The van der Waals surface area contributed by atoms with E-state index in [1.54, 1.807) is 6.20 Å². The third-order valence-corrected chi connectivity index (χ3v) is 4.70. The molecule has 7 heteroatoms. The van der Waals surface area contributed by atoms with Gasteiger partial charge in [0.15, 0.2) is 5.65 Å². The van der Waals surface area contributed by atoms with Gasteiger partial charge in [0, 0.05) is 6.04 Å². The number of rotatable bonds is 5. The summed E-state index contributed by atoms with van der Waals surface area (Å²) in [6.45, 7) is 8.01. The number of thioether (sulfide) groups is 1. The molecule has 3 rings (SSSR count). The summed E-state index contributed by atoms with van der Waals surface area (Å²) >= 11 is 1.40. The van der Waals surface area contributed by atoms with E-state index < -0.39 is 0 Å². The molecule has 0 unspecified atom stereocenters. The maximum Gasteiger partial charge on any atom is 0.230 e. The molecule has 0 bridgehead atoms. The quantitative estimate of drug-likeness (QED) is 0.562. The van der Waals surface area contributed by atoms with Gasteiger partial charge in [-0.25, -0.2) is 14.6 Å². The second-order valence-corrected chi connectivity index (χ2v) is 7.24. The number of hydrogen-bond donors (Lipinski definition) is 1. The fourth-order valence-electron chi connectivity index (χ4n) is 2.65. The van der Waals surface area contributed by atoms with Crippen LogP contribution in [0.25, 0.3) is 16.7 Å². The first-order valence-corrected chi connectivity index (χ1v) is 9.13. The lowest BCUT2D eigenvalue weighted by atomic mass is 10.1. The summed E-state index contributed by atoms with van der Waals surface area (Å²) in [6.07, 6.45) is 3.28. The van der Waals surface area contributed by atoms with Crippen LogP contribution in [0.4, 0.5) is 0 Å². The van der Waals surface area contributed by atoms with Crippen molar-refractivity contribution in [2.75, 3.05) is 5.75 Å². The first-order chi connectivity index (χ1) is 12.0. The van der Waals surface area contributed by atoms with Crippen molar-refractivity contribution in [2.24, 2.45) is 0 Å². The normalized spacial score (nSPS) is 11.2. The van der Waals surface area contributed by atoms with Crippen molar-refractivity contribution in [1.29, 1.82) is 0 Å². The van der Waals surface area contributed by atoms with Crippen molar-refractivity contribution in [3.63, 3.8) is 0 Å². The predicted molar refractivity (Wildman–Crippen MR) is 100 cm³/mol. The number of carbonyl (C=O) groups is 1. The van der Waals surface area contributed by atoms with Gasteiger partial charge in [0.25, 0.3) is 0 Å². The van der Waals surface area contributed by atoms with Crippen LogP contribution >= 0.6 is 11.8 Å². The van der Waals surface area contributed by atoms with Crippen molar-refractivity contribution in [2.45, 2.75) is 38.8 Å². The van der Waals surface area contributed by atoms with Crippen molar-refractivity contribution in [1.82, 2.24) is 25.1 Å². The Labute approximate surface area is 151 Å². The molecule has 0 saturated heterocycles. The number of nitrogens with one attached hydrogen (secondary N) is 1. The zero-order valence-electron chi connectivity index (χ0n) is 14.8. The molecule has 0 radical (unpaired) electrons. The molecule has 1 aromatic carbocycles. The van der Waals surface area contributed by atoms with Crippen LogP contribution in [0.2, 0.25) is 0 Å². The van der Waals surface area contributed by atoms with E-state index >= 15 is 0 Å². The van der Waals surface area contributed by atoms with Gasteiger partial charge in [-0.3, -0.25) is 4.79 Å². The van der Waals surface area contributed by atoms with Gasteiger partial charge in [-0.15, -0.1) is 0 Å². The van der Waals surface area contributed by atoms with Crippen LogP contribution in [0.5, 0.6) is 0 Å². The largest absolute Gasteiger partial charge is 0.353 e. The molecule has 0 saturated carbocycles. The van der Waals surface area contributed by atoms with Crippen LogP contribution in [0.1, 0.15) is 25.0 Å². The molecule has 130 valence electrons. The number of carbonyl (C=O) groups excluding carboxylic acids is 1. The van der Waals surface area contributed by atoms with Crippen LogP contribution in [-0.2, 0) is 4.79 Å². The van der Waals surface area contributed by atoms with Crippen molar-refractivity contribution in [3.8, 4) is 5.69 Å². The van der Waals surface area contributed by atoms with Crippen LogP contribution in [0.15, 0.2) is 35.7 Å². The van der Waals surface area contributed by atoms with E-state index in [4.69, 9.17) is 0 Å². The van der Waals surface area contributed by atoms with E-state index in [0.29, 0.717) is 5.75 Å². The molecule has 0 aliphatic carbocycles. The minimum Gasteiger partial charge on any atom is -0.353 e. The molecule has 2 heterocycles. The second-order valence-electron chi connectivity index (χ2n) is 6.27. The van der Waals surface area contributed by atoms with Crippen molar-refractivity contribution in [3.05, 3.63) is 41.9 Å². The van der Waals surface area contributed by atoms with E-state index in [1.807, 2.05) is 24.6 Å². The third-order valence-electron chi connectivity index (χ3n) is 3.70. The van der Waals surface area contributed by atoms with Gasteiger partial charge in [0.2, 0.25) is 5.91 Å². The van der Waals surface area contributed by atoms with Gasteiger partial charge in [-0.1, -0.05) is 29.5 Å². The average molecular weight is 355 g/mol. The molecule has 1 amide bonds. The lowest BCUT2D eigenvalue weighted by Crippen LogP contribution is -2.31. The summed E-state index contributed by atoms with van der Waals surface area (Å²) in [5.41, 5.74) is 4.08. The Morgan fingerprint density at radius 3 is 2.80 bits per heavy atom. The molecule has 1 N–H and O–H groups in total. The molecule has 6 nitrogen and oxygen atoms in total. The predicted octanol–water partition coefficient (Wildman–Crippen LogP) is 3.05. The number of aryl methyl sites for hydroxylation is 2. The van der Waals surface area contributed by atoms with E-state index in [-0.39, 0.29) is 11.9 Å². The number of aromatic nitrogens is 4. The highest BCUT2D eigenvalue weighted by Crippen LogP contribution is 2.26. The summed E-state index contributed by atoms with van der Waals surface area (Å²) in [5.74, 6) is 0.312. The smallest absolute Gasteiger partial charge is 0.230 e. The fraction of sp³-hybridized carbons (Fsp3) is 0.333. The summed E-state index contributed by atoms with van der Waals surface area (Å²) < 4.78 is 1.82. The fourth-order valence-corrected chi connectivity index (χ4v) is 3.43. The number of nitrogens with zero attached hydrogens (tertiary/aromatic N) is 4. The molecular formula is C18H21N5OS. The topological polar surface area (TPSA) is 72.7 Å². The summed E-state index contributed by atoms with van der Waals surface area (Å²) in [6, 6.07) is 6.35. The maximum absolute atomic E-state index is 11.9. The van der Waals surface area contributed by atoms with Gasteiger partial charge in [0.05, 0.1) is 23.0 Å². The average Bonchev–Trinajstić information content (AvgIpc) is 2.97. The van der Waals surface area contributed by atoms with Crippen molar-refractivity contribution >= 4 is 28.7 Å². The van der Waals surface area contributed by atoms with E-state index in [1.165, 1.54) is 23.7 Å². The Kier molecular flexibility index (Phi) is 5.03. The summed E-state index contributed by atoms with van der Waals surface area (Å²) in [5, 5.41) is 8.99. The second kappa shape index (κ2) is 7.23. The summed E-state index contributed by atoms with van der Waals surface area (Å²) in [4.78, 5) is 20.6. The van der Waals surface area contributed by atoms with Crippen LogP contribution in [0, 0.1) is 13.8 Å². The molecule has 2 aromatic heterocycles. The molecule has 0 atom stereocenters. The molecule has 25 heavy (non-hydrogen) atoms. The van der Waals surface area contributed by atoms with Crippen LogP contribution < -0.4 is 5.32 Å². The van der Waals surface area contributed by atoms with E-state index in [2.05, 4.69) is 46.4 Å². The maximum atomic E-state index is 11.9. The Hall–Kier alpha value is -2.41. The first-order valence-electron chi connectivity index (χ1n) is 8.14.